The summed E-state index contributed by atoms with van der Waals surface area (Å²) in [4.78, 5) is 11.2. The Morgan fingerprint density at radius 3 is 2.45 bits per heavy atom. The number of anilines is 1. The van der Waals surface area contributed by atoms with Gasteiger partial charge in [0.05, 0.1) is 24.8 Å². The van der Waals surface area contributed by atoms with E-state index in [1.165, 1.54) is 14.2 Å². The van der Waals surface area contributed by atoms with E-state index in [-0.39, 0.29) is 0 Å². The van der Waals surface area contributed by atoms with E-state index in [1.807, 2.05) is 0 Å². The predicted octanol–water partition coefficient (Wildman–Crippen LogP) is 3.42. The molecule has 0 fully saturated rings. The quantitative estimate of drug-likeness (QED) is 0.692. The Bertz CT molecular complexity index is 656. The monoisotopic (exact) mass is 291 g/mol. The molecule has 20 heavy (non-hydrogen) atoms. The number of carbonyl (C=O) groups excluding carboxylic acids is 1. The van der Waals surface area contributed by atoms with Crippen molar-refractivity contribution in [3.8, 4) is 22.6 Å². The summed E-state index contributed by atoms with van der Waals surface area (Å²) in [6.07, 6.45) is 0.718. The third-order valence-corrected chi connectivity index (χ3v) is 3.25. The Labute approximate surface area is 122 Å². The fourth-order valence-electron chi connectivity index (χ4n) is 2.00. The van der Waals surface area contributed by atoms with Gasteiger partial charge in [0, 0.05) is 11.3 Å². The Morgan fingerprint density at radius 1 is 1.15 bits per heavy atom. The molecule has 0 aromatic heterocycles. The summed E-state index contributed by atoms with van der Waals surface area (Å²) in [6.45, 7) is 0. The van der Waals surface area contributed by atoms with Gasteiger partial charge in [0.15, 0.2) is 17.8 Å². The van der Waals surface area contributed by atoms with Crippen LogP contribution in [0.4, 0.5) is 5.69 Å². The van der Waals surface area contributed by atoms with Crippen LogP contribution in [0.3, 0.4) is 0 Å². The highest BCUT2D eigenvalue weighted by molar-refractivity contribution is 6.33. The van der Waals surface area contributed by atoms with Crippen LogP contribution in [0.1, 0.15) is 10.4 Å². The van der Waals surface area contributed by atoms with E-state index in [1.54, 1.807) is 30.3 Å². The summed E-state index contributed by atoms with van der Waals surface area (Å²) in [5.41, 5.74) is 8.18. The van der Waals surface area contributed by atoms with Gasteiger partial charge in [-0.25, -0.2) is 0 Å². The molecular weight excluding hydrogens is 278 g/mol. The molecule has 0 atom stereocenters. The van der Waals surface area contributed by atoms with Gasteiger partial charge in [0.1, 0.15) is 0 Å². The van der Waals surface area contributed by atoms with Gasteiger partial charge in [-0.1, -0.05) is 17.7 Å². The number of hydrogen-bond acceptors (Lipinski definition) is 4. The van der Waals surface area contributed by atoms with Crippen molar-refractivity contribution in [1.82, 2.24) is 0 Å². The predicted molar refractivity (Wildman–Crippen MR) is 79.8 cm³/mol. The molecule has 5 heteroatoms. The normalized spacial score (nSPS) is 10.2. The Kier molecular flexibility index (Phi) is 4.15. The molecule has 2 aromatic carbocycles. The maximum atomic E-state index is 11.2. The summed E-state index contributed by atoms with van der Waals surface area (Å²) < 4.78 is 10.4. The summed E-state index contributed by atoms with van der Waals surface area (Å²) >= 11 is 6.19. The second-order valence-electron chi connectivity index (χ2n) is 4.16. The van der Waals surface area contributed by atoms with Crippen LogP contribution in [-0.2, 0) is 0 Å². The van der Waals surface area contributed by atoms with Crippen molar-refractivity contribution in [3.05, 3.63) is 40.9 Å². The SMILES string of the molecule is COc1cc(-c2ccc(N)cc2Cl)cc(C=O)c1OC. The van der Waals surface area contributed by atoms with Crippen LogP contribution in [0, 0.1) is 0 Å². The van der Waals surface area contributed by atoms with Crippen LogP contribution in [0.2, 0.25) is 5.02 Å². The third kappa shape index (κ3) is 2.56. The molecule has 0 saturated carbocycles. The zero-order valence-electron chi connectivity index (χ0n) is 11.1. The molecule has 2 aromatic rings. The first-order chi connectivity index (χ1) is 9.60. The highest BCUT2D eigenvalue weighted by atomic mass is 35.5. The smallest absolute Gasteiger partial charge is 0.171 e. The number of methoxy groups -OCH3 is 2. The second-order valence-corrected chi connectivity index (χ2v) is 4.57. The van der Waals surface area contributed by atoms with Gasteiger partial charge in [0.2, 0.25) is 0 Å². The van der Waals surface area contributed by atoms with Crippen LogP contribution in [0.25, 0.3) is 11.1 Å². The van der Waals surface area contributed by atoms with E-state index >= 15 is 0 Å². The van der Waals surface area contributed by atoms with Crippen molar-refractivity contribution in [3.63, 3.8) is 0 Å². The van der Waals surface area contributed by atoms with Crippen LogP contribution < -0.4 is 15.2 Å². The number of aldehydes is 1. The van der Waals surface area contributed by atoms with E-state index in [9.17, 15) is 4.79 Å². The van der Waals surface area contributed by atoms with Crippen molar-refractivity contribution < 1.29 is 14.3 Å². The van der Waals surface area contributed by atoms with Crippen molar-refractivity contribution in [2.24, 2.45) is 0 Å². The first-order valence-corrected chi connectivity index (χ1v) is 6.25. The van der Waals surface area contributed by atoms with Crippen molar-refractivity contribution >= 4 is 23.6 Å². The second kappa shape index (κ2) is 5.84. The minimum absolute atomic E-state index is 0.398. The van der Waals surface area contributed by atoms with Gasteiger partial charge in [-0.05, 0) is 29.8 Å². The molecule has 4 nitrogen and oxygen atoms in total. The number of benzene rings is 2. The van der Waals surface area contributed by atoms with Gasteiger partial charge in [-0.2, -0.15) is 0 Å². The standard InChI is InChI=1S/C15H14ClNO3/c1-19-14-6-9(5-10(8-18)15(14)20-2)12-4-3-11(17)7-13(12)16/h3-8H,17H2,1-2H3. The zero-order valence-corrected chi connectivity index (χ0v) is 11.9. The van der Waals surface area contributed by atoms with Gasteiger partial charge in [-0.3, -0.25) is 4.79 Å². The van der Waals surface area contributed by atoms with Crippen molar-refractivity contribution in [2.45, 2.75) is 0 Å². The van der Waals surface area contributed by atoms with Gasteiger partial charge < -0.3 is 15.2 Å². The Hall–Kier alpha value is -2.20. The Balaban J connectivity index is 2.65. The highest BCUT2D eigenvalue weighted by Crippen LogP contribution is 2.38. The first-order valence-electron chi connectivity index (χ1n) is 5.87. The summed E-state index contributed by atoms with van der Waals surface area (Å²) in [5.74, 6) is 0.873. The number of halogens is 1. The van der Waals surface area contributed by atoms with Crippen LogP contribution in [0.15, 0.2) is 30.3 Å². The Morgan fingerprint density at radius 2 is 1.90 bits per heavy atom. The number of nitrogen functional groups attached to an aromatic ring is 1. The third-order valence-electron chi connectivity index (χ3n) is 2.94. The molecule has 0 bridgehead atoms. The largest absolute Gasteiger partial charge is 0.493 e. The lowest BCUT2D eigenvalue weighted by molar-refractivity contribution is 0.112. The van der Waals surface area contributed by atoms with E-state index < -0.39 is 0 Å². The summed E-state index contributed by atoms with van der Waals surface area (Å²) in [7, 11) is 3.00. The molecule has 0 amide bonds. The minimum Gasteiger partial charge on any atom is -0.493 e. The summed E-state index contributed by atoms with van der Waals surface area (Å²) in [6, 6.07) is 8.68. The molecule has 0 heterocycles. The van der Waals surface area contributed by atoms with Crippen molar-refractivity contribution in [2.75, 3.05) is 20.0 Å². The van der Waals surface area contributed by atoms with E-state index in [4.69, 9.17) is 26.8 Å². The van der Waals surface area contributed by atoms with Crippen molar-refractivity contribution in [1.29, 1.82) is 0 Å². The van der Waals surface area contributed by atoms with E-state index in [2.05, 4.69) is 0 Å². The van der Waals surface area contributed by atoms with Gasteiger partial charge in [0.25, 0.3) is 0 Å². The lowest BCUT2D eigenvalue weighted by atomic mass is 10.0. The van der Waals surface area contributed by atoms with Gasteiger partial charge in [-0.15, -0.1) is 0 Å². The molecule has 0 aliphatic carbocycles. The lowest BCUT2D eigenvalue weighted by Crippen LogP contribution is -1.96. The fourth-order valence-corrected chi connectivity index (χ4v) is 2.30. The number of rotatable bonds is 4. The molecule has 0 spiro atoms. The molecule has 0 saturated heterocycles. The zero-order chi connectivity index (χ0) is 14.7. The van der Waals surface area contributed by atoms with E-state index in [0.717, 1.165) is 17.4 Å². The maximum Gasteiger partial charge on any atom is 0.171 e. The molecule has 0 aliphatic rings. The average Bonchev–Trinajstić information content (AvgIpc) is 2.45. The van der Waals surface area contributed by atoms with Gasteiger partial charge >= 0.3 is 0 Å². The van der Waals surface area contributed by atoms with Crippen LogP contribution in [0.5, 0.6) is 11.5 Å². The molecule has 0 aliphatic heterocycles. The average molecular weight is 292 g/mol. The molecule has 104 valence electrons. The highest BCUT2D eigenvalue weighted by Gasteiger charge is 2.14. The number of carbonyl (C=O) groups is 1. The molecular formula is C15H14ClNO3. The van der Waals surface area contributed by atoms with Crippen LogP contribution in [-0.4, -0.2) is 20.5 Å². The fraction of sp³-hybridized carbons (Fsp3) is 0.133. The molecule has 0 unspecified atom stereocenters. The van der Waals surface area contributed by atoms with Crippen LogP contribution >= 0.6 is 11.6 Å². The minimum atomic E-state index is 0.398. The lowest BCUT2D eigenvalue weighted by Gasteiger charge is -2.13. The topological polar surface area (TPSA) is 61.5 Å². The number of ether oxygens (including phenoxy) is 2. The summed E-state index contributed by atoms with van der Waals surface area (Å²) in [5, 5.41) is 0.508. The first kappa shape index (κ1) is 14.2. The maximum absolute atomic E-state index is 11.2. The number of hydrogen-bond donors (Lipinski definition) is 1. The number of nitrogens with two attached hydrogens (primary N) is 1. The van der Waals surface area contributed by atoms with E-state index in [0.29, 0.717) is 27.8 Å². The molecule has 0 radical (unpaired) electrons. The molecule has 2 rings (SSSR count). The molecule has 2 N–H and O–H groups in total.